The molecule has 0 heterocycles. The minimum atomic E-state index is -1.03. The molecule has 1 atom stereocenters. The number of hydrogen-bond donors (Lipinski definition) is 2. The lowest BCUT2D eigenvalue weighted by molar-refractivity contribution is -0.139. The number of amides is 1. The number of carbonyl (C=O) groups excluding carboxylic acids is 1. The van der Waals surface area contributed by atoms with Gasteiger partial charge in [-0.05, 0) is 30.9 Å². The van der Waals surface area contributed by atoms with Crippen molar-refractivity contribution in [3.8, 4) is 5.75 Å². The van der Waals surface area contributed by atoms with Crippen LogP contribution in [0.3, 0.4) is 0 Å². The third kappa shape index (κ3) is 4.42. The third-order valence-electron chi connectivity index (χ3n) is 3.04. The van der Waals surface area contributed by atoms with Crippen LogP contribution in [0.4, 0.5) is 5.69 Å². The molecule has 0 aliphatic heterocycles. The van der Waals surface area contributed by atoms with Crippen LogP contribution in [0, 0.1) is 5.92 Å². The van der Waals surface area contributed by atoms with Gasteiger partial charge in [-0.2, -0.15) is 0 Å². The van der Waals surface area contributed by atoms with Crippen molar-refractivity contribution in [1.82, 2.24) is 0 Å². The number of anilines is 1. The van der Waals surface area contributed by atoms with Crippen molar-refractivity contribution in [3.63, 3.8) is 0 Å². The van der Waals surface area contributed by atoms with Gasteiger partial charge in [0.25, 0.3) is 0 Å². The summed E-state index contributed by atoms with van der Waals surface area (Å²) in [5, 5.41) is 11.3. The number of ether oxygens (including phenoxy) is 1. The molecule has 1 aromatic carbocycles. The molecule has 0 radical (unpaired) electrons. The molecule has 1 aliphatic carbocycles. The molecule has 20 heavy (non-hydrogen) atoms. The normalized spacial score (nSPS) is 16.9. The van der Waals surface area contributed by atoms with Gasteiger partial charge in [0.2, 0.25) is 5.91 Å². The van der Waals surface area contributed by atoms with Crippen molar-refractivity contribution in [2.24, 2.45) is 5.92 Å². The Morgan fingerprint density at radius 2 is 2.25 bits per heavy atom. The first kappa shape index (κ1) is 14.1. The van der Waals surface area contributed by atoms with Crippen LogP contribution in [0.2, 0.25) is 0 Å². The van der Waals surface area contributed by atoms with E-state index in [2.05, 4.69) is 17.5 Å². The maximum absolute atomic E-state index is 11.9. The van der Waals surface area contributed by atoms with E-state index >= 15 is 0 Å². The molecular weight excluding hydrogens is 258 g/mol. The van der Waals surface area contributed by atoms with Crippen LogP contribution in [0.15, 0.2) is 36.4 Å². The van der Waals surface area contributed by atoms with Crippen LogP contribution < -0.4 is 10.1 Å². The summed E-state index contributed by atoms with van der Waals surface area (Å²) in [6, 6.07) is 6.72. The summed E-state index contributed by atoms with van der Waals surface area (Å²) in [6.45, 7) is -0.399. The summed E-state index contributed by atoms with van der Waals surface area (Å²) in [7, 11) is 0. The first-order chi connectivity index (χ1) is 9.63. The van der Waals surface area contributed by atoms with Crippen LogP contribution in [0.5, 0.6) is 5.75 Å². The van der Waals surface area contributed by atoms with E-state index in [1.807, 2.05) is 0 Å². The third-order valence-corrected chi connectivity index (χ3v) is 3.04. The number of carbonyl (C=O) groups is 2. The summed E-state index contributed by atoms with van der Waals surface area (Å²) in [4.78, 5) is 22.3. The fraction of sp³-hybridized carbons (Fsp3) is 0.333. The predicted molar refractivity (Wildman–Crippen MR) is 74.7 cm³/mol. The van der Waals surface area contributed by atoms with Crippen LogP contribution in [-0.2, 0) is 9.59 Å². The van der Waals surface area contributed by atoms with Gasteiger partial charge in [-0.3, -0.25) is 4.79 Å². The lowest BCUT2D eigenvalue weighted by Crippen LogP contribution is -2.15. The zero-order chi connectivity index (χ0) is 14.4. The monoisotopic (exact) mass is 275 g/mol. The van der Waals surface area contributed by atoms with E-state index < -0.39 is 12.6 Å². The topological polar surface area (TPSA) is 75.6 Å². The molecule has 0 bridgehead atoms. The average molecular weight is 275 g/mol. The second-order valence-electron chi connectivity index (χ2n) is 4.73. The van der Waals surface area contributed by atoms with Crippen LogP contribution >= 0.6 is 0 Å². The van der Waals surface area contributed by atoms with Gasteiger partial charge in [0.05, 0.1) is 0 Å². The Morgan fingerprint density at radius 3 is 2.95 bits per heavy atom. The van der Waals surface area contributed by atoms with E-state index in [1.54, 1.807) is 24.3 Å². The quantitative estimate of drug-likeness (QED) is 0.782. The molecule has 0 aromatic heterocycles. The van der Waals surface area contributed by atoms with E-state index in [1.165, 1.54) is 0 Å². The Hall–Kier alpha value is -2.30. The molecule has 106 valence electrons. The largest absolute Gasteiger partial charge is 0.482 e. The van der Waals surface area contributed by atoms with Crippen LogP contribution in [-0.4, -0.2) is 23.6 Å². The standard InChI is InChI=1S/C15H17NO4/c17-14(8-11-4-1-2-5-11)16-12-6-3-7-13(9-12)20-10-15(18)19/h1,3-4,6-7,9,11H,2,5,8,10H2,(H,16,17)(H,18,19). The number of aliphatic carboxylic acids is 1. The van der Waals surface area contributed by atoms with E-state index in [4.69, 9.17) is 9.84 Å². The maximum Gasteiger partial charge on any atom is 0.341 e. The average Bonchev–Trinajstić information content (AvgIpc) is 2.89. The zero-order valence-corrected chi connectivity index (χ0v) is 11.0. The smallest absolute Gasteiger partial charge is 0.341 e. The lowest BCUT2D eigenvalue weighted by atomic mass is 10.1. The molecule has 0 spiro atoms. The van der Waals surface area contributed by atoms with Crippen molar-refractivity contribution in [2.75, 3.05) is 11.9 Å². The number of carboxylic acid groups (broad SMARTS) is 1. The Balaban J connectivity index is 1.88. The summed E-state index contributed by atoms with van der Waals surface area (Å²) < 4.78 is 5.06. The van der Waals surface area contributed by atoms with Gasteiger partial charge in [0.15, 0.2) is 6.61 Å². The number of benzene rings is 1. The molecule has 1 amide bonds. The lowest BCUT2D eigenvalue weighted by Gasteiger charge is -2.10. The Kier molecular flexibility index (Phi) is 4.76. The van der Waals surface area contributed by atoms with E-state index in [0.29, 0.717) is 23.8 Å². The van der Waals surface area contributed by atoms with E-state index in [9.17, 15) is 9.59 Å². The van der Waals surface area contributed by atoms with Crippen LogP contribution in [0.1, 0.15) is 19.3 Å². The minimum Gasteiger partial charge on any atom is -0.482 e. The first-order valence-electron chi connectivity index (χ1n) is 6.54. The van der Waals surface area contributed by atoms with Gasteiger partial charge in [-0.25, -0.2) is 4.79 Å². The van der Waals surface area contributed by atoms with Crippen LogP contribution in [0.25, 0.3) is 0 Å². The molecule has 5 nitrogen and oxygen atoms in total. The van der Waals surface area contributed by atoms with Gasteiger partial charge >= 0.3 is 5.97 Å². The van der Waals surface area contributed by atoms with Crippen molar-refractivity contribution < 1.29 is 19.4 Å². The number of allylic oxidation sites excluding steroid dienone is 2. The highest BCUT2D eigenvalue weighted by molar-refractivity contribution is 5.91. The fourth-order valence-corrected chi connectivity index (χ4v) is 2.12. The fourth-order valence-electron chi connectivity index (χ4n) is 2.12. The van der Waals surface area contributed by atoms with Crippen molar-refractivity contribution in [3.05, 3.63) is 36.4 Å². The Labute approximate surface area is 117 Å². The summed E-state index contributed by atoms with van der Waals surface area (Å²) in [6.07, 6.45) is 6.70. The molecule has 0 fully saturated rings. The van der Waals surface area contributed by atoms with Gasteiger partial charge in [0, 0.05) is 18.2 Å². The van der Waals surface area contributed by atoms with Gasteiger partial charge < -0.3 is 15.2 Å². The molecule has 0 saturated heterocycles. The maximum atomic E-state index is 11.9. The predicted octanol–water partition coefficient (Wildman–Crippen LogP) is 2.44. The molecule has 1 unspecified atom stereocenters. The minimum absolute atomic E-state index is 0.0445. The Morgan fingerprint density at radius 1 is 1.40 bits per heavy atom. The van der Waals surface area contributed by atoms with Crippen molar-refractivity contribution >= 4 is 17.6 Å². The molecule has 2 rings (SSSR count). The molecule has 5 heteroatoms. The Bertz CT molecular complexity index is 524. The van der Waals surface area contributed by atoms with Gasteiger partial charge in [0.1, 0.15) is 5.75 Å². The molecule has 2 N–H and O–H groups in total. The van der Waals surface area contributed by atoms with Crippen molar-refractivity contribution in [2.45, 2.75) is 19.3 Å². The summed E-state index contributed by atoms with van der Waals surface area (Å²) in [5.74, 6) is -0.336. The van der Waals surface area contributed by atoms with Gasteiger partial charge in [-0.15, -0.1) is 0 Å². The SMILES string of the molecule is O=C(O)COc1cccc(NC(=O)CC2C=CCC2)c1. The van der Waals surface area contributed by atoms with Crippen molar-refractivity contribution in [1.29, 1.82) is 0 Å². The molecular formula is C15H17NO4. The second kappa shape index (κ2) is 6.75. The highest BCUT2D eigenvalue weighted by Crippen LogP contribution is 2.22. The first-order valence-corrected chi connectivity index (χ1v) is 6.54. The van der Waals surface area contributed by atoms with E-state index in [-0.39, 0.29) is 5.91 Å². The summed E-state index contributed by atoms with van der Waals surface area (Å²) >= 11 is 0. The van der Waals surface area contributed by atoms with E-state index in [0.717, 1.165) is 12.8 Å². The molecule has 1 aliphatic rings. The number of rotatable bonds is 6. The zero-order valence-electron chi connectivity index (χ0n) is 11.0. The highest BCUT2D eigenvalue weighted by atomic mass is 16.5. The second-order valence-corrected chi connectivity index (χ2v) is 4.73. The van der Waals surface area contributed by atoms with Gasteiger partial charge in [-0.1, -0.05) is 18.2 Å². The highest BCUT2D eigenvalue weighted by Gasteiger charge is 2.14. The number of hydrogen-bond acceptors (Lipinski definition) is 3. The molecule has 1 aromatic rings. The molecule has 0 saturated carbocycles. The number of carboxylic acids is 1. The summed E-state index contributed by atoms with van der Waals surface area (Å²) in [5.41, 5.74) is 0.611. The number of nitrogens with one attached hydrogen (secondary N) is 1.